The van der Waals surface area contributed by atoms with Gasteiger partial charge < -0.3 is 4.98 Å². The fourth-order valence-electron chi connectivity index (χ4n) is 3.03. The Bertz CT molecular complexity index is 627. The molecule has 1 fully saturated rings. The molecule has 1 unspecified atom stereocenters. The number of carbonyl (C=O) groups is 2. The highest BCUT2D eigenvalue weighted by molar-refractivity contribution is 5.85. The Morgan fingerprint density at radius 3 is 2.86 bits per heavy atom. The number of benzene rings is 1. The SMILES string of the molecule is O=C1CCCC(=O)C(CCc2nc3ccccc3[nH]2)CC1. The van der Waals surface area contributed by atoms with Crippen LogP contribution < -0.4 is 0 Å². The summed E-state index contributed by atoms with van der Waals surface area (Å²) >= 11 is 0. The highest BCUT2D eigenvalue weighted by Gasteiger charge is 2.22. The van der Waals surface area contributed by atoms with E-state index in [4.69, 9.17) is 0 Å². The van der Waals surface area contributed by atoms with Gasteiger partial charge in [-0.3, -0.25) is 9.59 Å². The molecule has 1 aliphatic carbocycles. The van der Waals surface area contributed by atoms with Crippen molar-refractivity contribution in [2.24, 2.45) is 5.92 Å². The van der Waals surface area contributed by atoms with Crippen LogP contribution in [-0.2, 0) is 16.0 Å². The average molecular weight is 284 g/mol. The third-order valence-corrected chi connectivity index (χ3v) is 4.27. The average Bonchev–Trinajstić information content (AvgIpc) is 2.88. The molecule has 1 saturated carbocycles. The number of fused-ring (bicyclic) bond motifs is 1. The predicted octanol–water partition coefficient (Wildman–Crippen LogP) is 3.21. The van der Waals surface area contributed by atoms with E-state index in [0.29, 0.717) is 37.2 Å². The van der Waals surface area contributed by atoms with E-state index in [-0.39, 0.29) is 5.92 Å². The van der Waals surface area contributed by atoms with Crippen LogP contribution in [0.4, 0.5) is 0 Å². The first-order valence-corrected chi connectivity index (χ1v) is 7.70. The summed E-state index contributed by atoms with van der Waals surface area (Å²) in [6.07, 6.45) is 4.65. The zero-order valence-corrected chi connectivity index (χ0v) is 12.1. The molecule has 3 rings (SSSR count). The Labute approximate surface area is 124 Å². The van der Waals surface area contributed by atoms with Crippen LogP contribution >= 0.6 is 0 Å². The zero-order valence-electron chi connectivity index (χ0n) is 12.1. The van der Waals surface area contributed by atoms with Crippen LogP contribution in [-0.4, -0.2) is 21.5 Å². The normalized spacial score (nSPS) is 20.5. The molecule has 0 radical (unpaired) electrons. The maximum absolute atomic E-state index is 12.1. The molecule has 4 heteroatoms. The van der Waals surface area contributed by atoms with Gasteiger partial charge >= 0.3 is 0 Å². The van der Waals surface area contributed by atoms with Gasteiger partial charge in [-0.15, -0.1) is 0 Å². The molecule has 0 saturated heterocycles. The van der Waals surface area contributed by atoms with Gasteiger partial charge in [0.1, 0.15) is 17.4 Å². The first-order chi connectivity index (χ1) is 10.2. The van der Waals surface area contributed by atoms with Crippen molar-refractivity contribution in [2.45, 2.75) is 44.9 Å². The van der Waals surface area contributed by atoms with E-state index < -0.39 is 0 Å². The summed E-state index contributed by atoms with van der Waals surface area (Å²) in [7, 11) is 0. The quantitative estimate of drug-likeness (QED) is 0.941. The molecule has 1 N–H and O–H groups in total. The molecule has 21 heavy (non-hydrogen) atoms. The predicted molar refractivity (Wildman–Crippen MR) is 81.0 cm³/mol. The van der Waals surface area contributed by atoms with Gasteiger partial charge in [-0.25, -0.2) is 4.98 Å². The highest BCUT2D eigenvalue weighted by atomic mass is 16.1. The van der Waals surface area contributed by atoms with Crippen molar-refractivity contribution in [3.8, 4) is 0 Å². The van der Waals surface area contributed by atoms with Crippen molar-refractivity contribution in [3.05, 3.63) is 30.1 Å². The third-order valence-electron chi connectivity index (χ3n) is 4.27. The summed E-state index contributed by atoms with van der Waals surface area (Å²) < 4.78 is 0. The van der Waals surface area contributed by atoms with Crippen LogP contribution in [0.25, 0.3) is 11.0 Å². The van der Waals surface area contributed by atoms with Gasteiger partial charge in [0.15, 0.2) is 0 Å². The summed E-state index contributed by atoms with van der Waals surface area (Å²) in [5.74, 6) is 1.56. The number of ketones is 2. The molecule has 1 heterocycles. The molecule has 1 atom stereocenters. The largest absolute Gasteiger partial charge is 0.342 e. The number of nitrogens with zero attached hydrogens (tertiary/aromatic N) is 1. The van der Waals surface area contributed by atoms with Crippen LogP contribution in [0, 0.1) is 5.92 Å². The lowest BCUT2D eigenvalue weighted by Gasteiger charge is -2.17. The van der Waals surface area contributed by atoms with Crippen molar-refractivity contribution in [1.29, 1.82) is 0 Å². The van der Waals surface area contributed by atoms with Crippen molar-refractivity contribution in [1.82, 2.24) is 9.97 Å². The zero-order chi connectivity index (χ0) is 14.7. The van der Waals surface area contributed by atoms with Gasteiger partial charge in [-0.1, -0.05) is 12.1 Å². The van der Waals surface area contributed by atoms with Gasteiger partial charge in [0.2, 0.25) is 0 Å². The number of carbonyl (C=O) groups excluding carboxylic acids is 2. The van der Waals surface area contributed by atoms with Crippen LogP contribution in [0.15, 0.2) is 24.3 Å². The summed E-state index contributed by atoms with van der Waals surface area (Å²) in [6, 6.07) is 7.94. The number of para-hydroxylation sites is 2. The maximum Gasteiger partial charge on any atom is 0.136 e. The molecule has 0 spiro atoms. The molecule has 1 aromatic carbocycles. The first-order valence-electron chi connectivity index (χ1n) is 7.70. The second kappa shape index (κ2) is 6.20. The summed E-state index contributed by atoms with van der Waals surface area (Å²) in [6.45, 7) is 0. The van der Waals surface area contributed by atoms with E-state index >= 15 is 0 Å². The van der Waals surface area contributed by atoms with E-state index in [2.05, 4.69) is 9.97 Å². The summed E-state index contributed by atoms with van der Waals surface area (Å²) in [5.41, 5.74) is 2.00. The molecule has 2 aromatic rings. The number of imidazole rings is 1. The van der Waals surface area contributed by atoms with E-state index in [1.165, 1.54) is 0 Å². The number of aryl methyl sites for hydroxylation is 1. The van der Waals surface area contributed by atoms with E-state index in [0.717, 1.165) is 36.1 Å². The van der Waals surface area contributed by atoms with Gasteiger partial charge in [0.05, 0.1) is 11.0 Å². The number of hydrogen-bond donors (Lipinski definition) is 1. The smallest absolute Gasteiger partial charge is 0.136 e. The minimum atomic E-state index is 0.0162. The Morgan fingerprint density at radius 2 is 2.00 bits per heavy atom. The topological polar surface area (TPSA) is 62.8 Å². The van der Waals surface area contributed by atoms with Crippen molar-refractivity contribution in [3.63, 3.8) is 0 Å². The summed E-state index contributed by atoms with van der Waals surface area (Å²) in [5, 5.41) is 0. The fraction of sp³-hybridized carbons (Fsp3) is 0.471. The first kappa shape index (κ1) is 14.0. The van der Waals surface area contributed by atoms with E-state index in [1.807, 2.05) is 24.3 Å². The number of hydrogen-bond acceptors (Lipinski definition) is 3. The van der Waals surface area contributed by atoms with Gasteiger partial charge in [-0.05, 0) is 31.4 Å². The molecule has 110 valence electrons. The molecule has 0 aliphatic heterocycles. The Kier molecular flexibility index (Phi) is 4.13. The van der Waals surface area contributed by atoms with Gasteiger partial charge in [0.25, 0.3) is 0 Å². The van der Waals surface area contributed by atoms with Gasteiger partial charge in [-0.2, -0.15) is 0 Å². The summed E-state index contributed by atoms with van der Waals surface area (Å²) in [4.78, 5) is 31.5. The van der Waals surface area contributed by atoms with E-state index in [1.54, 1.807) is 0 Å². The van der Waals surface area contributed by atoms with E-state index in [9.17, 15) is 9.59 Å². The molecule has 4 nitrogen and oxygen atoms in total. The molecule has 0 amide bonds. The van der Waals surface area contributed by atoms with Crippen LogP contribution in [0.5, 0.6) is 0 Å². The monoisotopic (exact) mass is 284 g/mol. The van der Waals surface area contributed by atoms with Crippen LogP contribution in [0.2, 0.25) is 0 Å². The lowest BCUT2D eigenvalue weighted by molar-refractivity contribution is -0.126. The number of Topliss-reactive ketones (excluding diaryl/α,β-unsaturated/α-hetero) is 2. The molecule has 1 aromatic heterocycles. The Morgan fingerprint density at radius 1 is 1.14 bits per heavy atom. The van der Waals surface area contributed by atoms with Crippen molar-refractivity contribution >= 4 is 22.6 Å². The number of nitrogens with one attached hydrogen (secondary N) is 1. The van der Waals surface area contributed by atoms with Crippen LogP contribution in [0.3, 0.4) is 0 Å². The molecule has 0 bridgehead atoms. The number of aromatic nitrogens is 2. The van der Waals surface area contributed by atoms with Crippen molar-refractivity contribution < 1.29 is 9.59 Å². The Balaban J connectivity index is 1.64. The van der Waals surface area contributed by atoms with Crippen molar-refractivity contribution in [2.75, 3.05) is 0 Å². The molecule has 1 aliphatic rings. The number of rotatable bonds is 3. The Hall–Kier alpha value is -1.97. The van der Waals surface area contributed by atoms with Crippen LogP contribution in [0.1, 0.15) is 44.3 Å². The fourth-order valence-corrected chi connectivity index (χ4v) is 3.03. The minimum Gasteiger partial charge on any atom is -0.342 e. The lowest BCUT2D eigenvalue weighted by Crippen LogP contribution is -2.20. The standard InChI is InChI=1S/C17H20N2O2/c20-13-4-3-7-16(21)12(8-10-13)9-11-17-18-14-5-1-2-6-15(14)19-17/h1-2,5-6,12H,3-4,7-11H2,(H,18,19). The third kappa shape index (κ3) is 3.38. The second-order valence-electron chi connectivity index (χ2n) is 5.83. The number of aromatic amines is 1. The number of H-pyrrole nitrogens is 1. The molecular weight excluding hydrogens is 264 g/mol. The minimum absolute atomic E-state index is 0.0162. The van der Waals surface area contributed by atoms with Gasteiger partial charge in [0, 0.05) is 31.6 Å². The molecular formula is C17H20N2O2. The lowest BCUT2D eigenvalue weighted by atomic mass is 9.86. The maximum atomic E-state index is 12.1. The second-order valence-corrected chi connectivity index (χ2v) is 5.83. The highest BCUT2D eigenvalue weighted by Crippen LogP contribution is 2.22.